The molecule has 0 radical (unpaired) electrons. The van der Waals surface area contributed by atoms with Crippen LogP contribution >= 0.6 is 0 Å². The molecule has 2 saturated heterocycles. The molecule has 0 spiro atoms. The van der Waals surface area contributed by atoms with Crippen molar-refractivity contribution < 1.29 is 18.8 Å². The van der Waals surface area contributed by atoms with Crippen LogP contribution in [0.25, 0.3) is 0 Å². The van der Waals surface area contributed by atoms with Crippen molar-refractivity contribution in [1.82, 2.24) is 20.1 Å². The van der Waals surface area contributed by atoms with Crippen LogP contribution in [0.1, 0.15) is 34.3 Å². The summed E-state index contributed by atoms with van der Waals surface area (Å²) in [6.45, 7) is 4.24. The summed E-state index contributed by atoms with van der Waals surface area (Å²) in [7, 11) is 0. The summed E-state index contributed by atoms with van der Waals surface area (Å²) in [5, 5.41) is 2.30. The molecular weight excluding hydrogens is 401 g/mol. The number of benzene rings is 1. The van der Waals surface area contributed by atoms with E-state index in [0.29, 0.717) is 12.0 Å². The number of aromatic amines is 1. The molecule has 162 valence electrons. The number of piperidine rings is 1. The highest BCUT2D eigenvalue weighted by atomic mass is 19.1. The Balaban J connectivity index is 1.34. The number of fused-ring (bicyclic) bond motifs is 1. The van der Waals surface area contributed by atoms with Crippen molar-refractivity contribution >= 4 is 23.4 Å². The fourth-order valence-corrected chi connectivity index (χ4v) is 4.75. The van der Waals surface area contributed by atoms with Crippen molar-refractivity contribution in [3.63, 3.8) is 0 Å². The Hall–Kier alpha value is -3.20. The minimum atomic E-state index is -0.702. The summed E-state index contributed by atoms with van der Waals surface area (Å²) in [5.41, 5.74) is 3.02. The van der Waals surface area contributed by atoms with Gasteiger partial charge in [-0.1, -0.05) is 0 Å². The number of imide groups is 1. The first-order chi connectivity index (χ1) is 15.0. The first-order valence-electron chi connectivity index (χ1n) is 10.6. The van der Waals surface area contributed by atoms with Crippen LogP contribution in [0.15, 0.2) is 30.6 Å². The molecule has 1 unspecified atom stereocenters. The largest absolute Gasteiger partial charge is 0.369 e. The molecule has 0 aliphatic carbocycles. The summed E-state index contributed by atoms with van der Waals surface area (Å²) in [5.74, 6) is -1.59. The summed E-state index contributed by atoms with van der Waals surface area (Å²) in [6, 6.07) is 4.10. The zero-order chi connectivity index (χ0) is 21.5. The van der Waals surface area contributed by atoms with E-state index in [0.717, 1.165) is 44.0 Å². The molecule has 4 heterocycles. The number of anilines is 1. The molecular formula is C22H24FN5O3. The van der Waals surface area contributed by atoms with Crippen molar-refractivity contribution in [3.8, 4) is 0 Å². The van der Waals surface area contributed by atoms with Crippen LogP contribution in [-0.4, -0.2) is 64.7 Å². The Morgan fingerprint density at radius 1 is 1.10 bits per heavy atom. The highest BCUT2D eigenvalue weighted by Crippen LogP contribution is 2.35. The van der Waals surface area contributed by atoms with Crippen LogP contribution in [0.4, 0.5) is 10.1 Å². The predicted octanol–water partition coefficient (Wildman–Crippen LogP) is 1.24. The van der Waals surface area contributed by atoms with Crippen LogP contribution in [0.3, 0.4) is 0 Å². The maximum absolute atomic E-state index is 14.4. The van der Waals surface area contributed by atoms with Gasteiger partial charge < -0.3 is 14.8 Å². The zero-order valence-electron chi connectivity index (χ0n) is 17.1. The zero-order valence-corrected chi connectivity index (χ0v) is 17.1. The number of hydrogen-bond acceptors (Lipinski definition) is 5. The van der Waals surface area contributed by atoms with Crippen LogP contribution in [0.2, 0.25) is 0 Å². The number of aromatic nitrogens is 1. The van der Waals surface area contributed by atoms with Gasteiger partial charge >= 0.3 is 0 Å². The third kappa shape index (κ3) is 3.69. The van der Waals surface area contributed by atoms with E-state index in [9.17, 15) is 18.8 Å². The Morgan fingerprint density at radius 3 is 2.61 bits per heavy atom. The SMILES string of the molecule is O=C1CCC(N2Cc3c(cc(F)cc3N3CCN(Cc4cc[nH]c4)CC3)C2=O)C(=O)N1. The third-order valence-electron chi connectivity index (χ3n) is 6.38. The van der Waals surface area contributed by atoms with Crippen LogP contribution < -0.4 is 10.2 Å². The maximum Gasteiger partial charge on any atom is 0.255 e. The highest BCUT2D eigenvalue weighted by molar-refractivity contribution is 6.06. The van der Waals surface area contributed by atoms with Gasteiger partial charge in [0.25, 0.3) is 5.91 Å². The second-order valence-electron chi connectivity index (χ2n) is 8.33. The van der Waals surface area contributed by atoms with E-state index in [1.807, 2.05) is 12.4 Å². The van der Waals surface area contributed by atoms with Gasteiger partial charge in [-0.2, -0.15) is 0 Å². The maximum atomic E-state index is 14.4. The van der Waals surface area contributed by atoms with Gasteiger partial charge in [0.1, 0.15) is 11.9 Å². The van der Waals surface area contributed by atoms with E-state index in [1.165, 1.54) is 22.6 Å². The number of hydrogen-bond donors (Lipinski definition) is 2. The Bertz CT molecular complexity index is 1030. The molecule has 5 rings (SSSR count). The van der Waals surface area contributed by atoms with Crippen LogP contribution in [-0.2, 0) is 22.7 Å². The average molecular weight is 425 g/mol. The van der Waals surface area contributed by atoms with E-state index in [-0.39, 0.29) is 24.8 Å². The normalized spacial score (nSPS) is 22.1. The van der Waals surface area contributed by atoms with E-state index >= 15 is 0 Å². The lowest BCUT2D eigenvalue weighted by molar-refractivity contribution is -0.136. The number of rotatable bonds is 4. The number of H-pyrrole nitrogens is 1. The monoisotopic (exact) mass is 425 g/mol. The fourth-order valence-electron chi connectivity index (χ4n) is 4.75. The molecule has 0 saturated carbocycles. The van der Waals surface area contributed by atoms with E-state index in [2.05, 4.69) is 26.2 Å². The van der Waals surface area contributed by atoms with Crippen molar-refractivity contribution in [3.05, 3.63) is 53.1 Å². The molecule has 8 nitrogen and oxygen atoms in total. The number of halogens is 1. The molecule has 2 fully saturated rings. The van der Waals surface area contributed by atoms with Gasteiger partial charge in [-0.15, -0.1) is 0 Å². The minimum Gasteiger partial charge on any atom is -0.369 e. The Kier molecular flexibility index (Phi) is 4.97. The number of carbonyl (C=O) groups excluding carboxylic acids is 3. The number of carbonyl (C=O) groups is 3. The van der Waals surface area contributed by atoms with Crippen LogP contribution in [0.5, 0.6) is 0 Å². The summed E-state index contributed by atoms with van der Waals surface area (Å²) in [4.78, 5) is 45.8. The lowest BCUT2D eigenvalue weighted by Crippen LogP contribution is -2.52. The number of nitrogens with one attached hydrogen (secondary N) is 2. The van der Waals surface area contributed by atoms with Gasteiger partial charge in [-0.05, 0) is 30.2 Å². The van der Waals surface area contributed by atoms with Crippen molar-refractivity contribution in [2.24, 2.45) is 0 Å². The third-order valence-corrected chi connectivity index (χ3v) is 6.38. The second-order valence-corrected chi connectivity index (χ2v) is 8.33. The molecule has 1 aromatic carbocycles. The van der Waals surface area contributed by atoms with E-state index < -0.39 is 17.8 Å². The highest BCUT2D eigenvalue weighted by Gasteiger charge is 2.41. The van der Waals surface area contributed by atoms with Crippen LogP contribution in [0, 0.1) is 5.82 Å². The summed E-state index contributed by atoms with van der Waals surface area (Å²) in [6.07, 6.45) is 4.38. The van der Waals surface area contributed by atoms with Gasteiger partial charge in [0.2, 0.25) is 11.8 Å². The van der Waals surface area contributed by atoms with Gasteiger partial charge in [-0.25, -0.2) is 4.39 Å². The topological polar surface area (TPSA) is 88.8 Å². The van der Waals surface area contributed by atoms with Gasteiger partial charge in [0.15, 0.2) is 0 Å². The predicted molar refractivity (Wildman–Crippen MR) is 111 cm³/mol. The Morgan fingerprint density at radius 2 is 1.90 bits per heavy atom. The molecule has 3 aliphatic rings. The van der Waals surface area contributed by atoms with E-state index in [4.69, 9.17) is 0 Å². The lowest BCUT2D eigenvalue weighted by atomic mass is 10.0. The minimum absolute atomic E-state index is 0.195. The fraction of sp³-hybridized carbons (Fsp3) is 0.409. The van der Waals surface area contributed by atoms with Gasteiger partial charge in [0, 0.05) is 74.9 Å². The summed E-state index contributed by atoms with van der Waals surface area (Å²) < 4.78 is 14.4. The Labute approximate surface area is 179 Å². The second kappa shape index (κ2) is 7.81. The molecule has 3 amide bonds. The van der Waals surface area contributed by atoms with Gasteiger partial charge in [0.05, 0.1) is 0 Å². The number of nitrogens with zero attached hydrogens (tertiary/aromatic N) is 3. The molecule has 2 N–H and O–H groups in total. The molecule has 1 aromatic heterocycles. The lowest BCUT2D eigenvalue weighted by Gasteiger charge is -2.37. The summed E-state index contributed by atoms with van der Waals surface area (Å²) >= 11 is 0. The molecule has 9 heteroatoms. The first kappa shape index (κ1) is 19.7. The average Bonchev–Trinajstić information content (AvgIpc) is 3.37. The van der Waals surface area contributed by atoms with E-state index in [1.54, 1.807) is 0 Å². The molecule has 31 heavy (non-hydrogen) atoms. The van der Waals surface area contributed by atoms with Crippen molar-refractivity contribution in [2.75, 3.05) is 31.1 Å². The molecule has 1 atom stereocenters. The first-order valence-corrected chi connectivity index (χ1v) is 10.6. The molecule has 2 aromatic rings. The van der Waals surface area contributed by atoms with Crippen molar-refractivity contribution in [2.45, 2.75) is 32.0 Å². The number of amides is 3. The molecule has 3 aliphatic heterocycles. The standard InChI is InChI=1S/C22H24FN5O3/c23-15-9-16-17(13-28(22(16)31)18-1-2-20(29)25-21(18)30)19(10-15)27-7-5-26(6-8-27)12-14-3-4-24-11-14/h3-4,9-11,18,24H,1-2,5-8,12-13H2,(H,25,29,30). The smallest absolute Gasteiger partial charge is 0.255 e. The number of piperazine rings is 1. The van der Waals surface area contributed by atoms with Gasteiger partial charge in [-0.3, -0.25) is 24.6 Å². The molecule has 0 bridgehead atoms. The van der Waals surface area contributed by atoms with Crippen molar-refractivity contribution in [1.29, 1.82) is 0 Å². The quantitative estimate of drug-likeness (QED) is 0.720.